The number of rotatable bonds is 9. The lowest BCUT2D eigenvalue weighted by atomic mass is 10.1. The molecular formula is C24H24N2O6S. The highest BCUT2D eigenvalue weighted by Gasteiger charge is 2.35. The molecule has 2 aromatic heterocycles. The van der Waals surface area contributed by atoms with E-state index in [-0.39, 0.29) is 5.56 Å². The highest BCUT2D eigenvalue weighted by molar-refractivity contribution is 7.12. The van der Waals surface area contributed by atoms with Crippen LogP contribution in [0, 0.1) is 0 Å². The highest BCUT2D eigenvalue weighted by Crippen LogP contribution is 2.34. The van der Waals surface area contributed by atoms with Crippen LogP contribution in [-0.4, -0.2) is 42.4 Å². The van der Waals surface area contributed by atoms with Gasteiger partial charge in [-0.05, 0) is 55.6 Å². The average molecular weight is 469 g/mol. The first-order valence-electron chi connectivity index (χ1n) is 10.6. The molecular weight excluding hydrogens is 444 g/mol. The van der Waals surface area contributed by atoms with Crippen molar-refractivity contribution in [2.45, 2.75) is 26.3 Å². The van der Waals surface area contributed by atoms with E-state index < -0.39 is 24.5 Å². The second-order valence-corrected chi connectivity index (χ2v) is 8.05. The number of amides is 1. The Hall–Kier alpha value is -3.59. The molecule has 1 amide bonds. The SMILES string of the molecule is CCOc1ccc(C(=O)OCC(=O)N2N=C(c3cccs3)CC2c2ccco2)cc1OCC. The van der Waals surface area contributed by atoms with Crippen LogP contribution in [0.4, 0.5) is 0 Å². The Morgan fingerprint density at radius 1 is 1.12 bits per heavy atom. The fourth-order valence-electron chi connectivity index (χ4n) is 3.49. The Kier molecular flexibility index (Phi) is 7.09. The van der Waals surface area contributed by atoms with Crippen LogP contribution < -0.4 is 9.47 Å². The Balaban J connectivity index is 1.46. The summed E-state index contributed by atoms with van der Waals surface area (Å²) >= 11 is 1.55. The van der Waals surface area contributed by atoms with Crippen molar-refractivity contribution in [3.05, 3.63) is 70.3 Å². The van der Waals surface area contributed by atoms with Gasteiger partial charge in [0.1, 0.15) is 11.8 Å². The van der Waals surface area contributed by atoms with Gasteiger partial charge in [-0.25, -0.2) is 9.80 Å². The zero-order chi connectivity index (χ0) is 23.2. The van der Waals surface area contributed by atoms with Crippen molar-refractivity contribution in [1.82, 2.24) is 5.01 Å². The fraction of sp³-hybridized carbons (Fsp3) is 0.292. The molecule has 3 heterocycles. The molecule has 1 aromatic carbocycles. The van der Waals surface area contributed by atoms with Crippen molar-refractivity contribution in [1.29, 1.82) is 0 Å². The fourth-order valence-corrected chi connectivity index (χ4v) is 4.21. The molecule has 0 aliphatic carbocycles. The largest absolute Gasteiger partial charge is 0.490 e. The van der Waals surface area contributed by atoms with Crippen LogP contribution in [0.25, 0.3) is 0 Å². The van der Waals surface area contributed by atoms with Crippen molar-refractivity contribution >= 4 is 28.9 Å². The van der Waals surface area contributed by atoms with E-state index in [1.165, 1.54) is 5.01 Å². The Labute approximate surface area is 195 Å². The van der Waals surface area contributed by atoms with Gasteiger partial charge >= 0.3 is 5.97 Å². The van der Waals surface area contributed by atoms with Gasteiger partial charge in [0, 0.05) is 6.42 Å². The van der Waals surface area contributed by atoms with Gasteiger partial charge < -0.3 is 18.6 Å². The van der Waals surface area contributed by atoms with Crippen LogP contribution in [0.3, 0.4) is 0 Å². The summed E-state index contributed by atoms with van der Waals surface area (Å²) in [6.07, 6.45) is 2.08. The number of nitrogens with zero attached hydrogens (tertiary/aromatic N) is 2. The Bertz CT molecular complexity index is 1120. The zero-order valence-corrected chi connectivity index (χ0v) is 19.2. The number of thiophene rings is 1. The average Bonchev–Trinajstić information content (AvgIpc) is 3.59. The van der Waals surface area contributed by atoms with Crippen LogP contribution in [0.5, 0.6) is 11.5 Å². The first-order chi connectivity index (χ1) is 16.1. The van der Waals surface area contributed by atoms with E-state index in [1.54, 1.807) is 47.9 Å². The third kappa shape index (κ3) is 5.09. The van der Waals surface area contributed by atoms with E-state index >= 15 is 0 Å². The van der Waals surface area contributed by atoms with E-state index in [0.29, 0.717) is 36.9 Å². The Morgan fingerprint density at radius 2 is 1.94 bits per heavy atom. The van der Waals surface area contributed by atoms with Crippen LogP contribution in [0.15, 0.2) is 63.6 Å². The van der Waals surface area contributed by atoms with Crippen molar-refractivity contribution in [3.8, 4) is 11.5 Å². The number of furan rings is 1. The predicted octanol–water partition coefficient (Wildman–Crippen LogP) is 4.67. The maximum absolute atomic E-state index is 13.0. The number of esters is 1. The molecule has 1 atom stereocenters. The minimum Gasteiger partial charge on any atom is -0.490 e. The molecule has 0 N–H and O–H groups in total. The first kappa shape index (κ1) is 22.6. The monoisotopic (exact) mass is 468 g/mol. The summed E-state index contributed by atoms with van der Waals surface area (Å²) in [7, 11) is 0. The van der Waals surface area contributed by atoms with Crippen LogP contribution in [-0.2, 0) is 9.53 Å². The molecule has 0 spiro atoms. The minimum atomic E-state index is -0.636. The van der Waals surface area contributed by atoms with E-state index in [9.17, 15) is 9.59 Å². The molecule has 0 saturated carbocycles. The summed E-state index contributed by atoms with van der Waals surface area (Å²) < 4.78 is 21.9. The molecule has 0 bridgehead atoms. The minimum absolute atomic E-state index is 0.265. The van der Waals surface area contributed by atoms with Gasteiger partial charge in [-0.2, -0.15) is 5.10 Å². The molecule has 3 aromatic rings. The van der Waals surface area contributed by atoms with Gasteiger partial charge in [-0.3, -0.25) is 4.79 Å². The van der Waals surface area contributed by atoms with Gasteiger partial charge in [-0.15, -0.1) is 11.3 Å². The molecule has 8 nitrogen and oxygen atoms in total. The maximum Gasteiger partial charge on any atom is 0.338 e. The van der Waals surface area contributed by atoms with Crippen molar-refractivity contribution < 1.29 is 28.2 Å². The number of hydrogen-bond acceptors (Lipinski definition) is 8. The summed E-state index contributed by atoms with van der Waals surface area (Å²) in [5.74, 6) is 0.539. The van der Waals surface area contributed by atoms with Crippen LogP contribution in [0.1, 0.15) is 47.3 Å². The lowest BCUT2D eigenvalue weighted by molar-refractivity contribution is -0.136. The van der Waals surface area contributed by atoms with Gasteiger partial charge in [0.2, 0.25) is 0 Å². The number of carbonyl (C=O) groups excluding carboxylic acids is 2. The number of hydrazone groups is 1. The molecule has 4 rings (SSSR count). The number of hydrogen-bond donors (Lipinski definition) is 0. The molecule has 9 heteroatoms. The van der Waals surface area contributed by atoms with E-state index in [0.717, 1.165) is 10.6 Å². The molecule has 0 saturated heterocycles. The van der Waals surface area contributed by atoms with Crippen molar-refractivity contribution in [2.75, 3.05) is 19.8 Å². The molecule has 172 valence electrons. The van der Waals surface area contributed by atoms with Crippen LogP contribution >= 0.6 is 11.3 Å². The second kappa shape index (κ2) is 10.4. The van der Waals surface area contributed by atoms with E-state index in [2.05, 4.69) is 5.10 Å². The predicted molar refractivity (Wildman–Crippen MR) is 123 cm³/mol. The van der Waals surface area contributed by atoms with Crippen LogP contribution in [0.2, 0.25) is 0 Å². The van der Waals surface area contributed by atoms with E-state index in [4.69, 9.17) is 18.6 Å². The molecule has 1 aliphatic rings. The first-order valence-corrected chi connectivity index (χ1v) is 11.5. The Morgan fingerprint density at radius 3 is 2.64 bits per heavy atom. The summed E-state index contributed by atoms with van der Waals surface area (Å²) in [6, 6.07) is 11.9. The molecule has 0 fully saturated rings. The number of ether oxygens (including phenoxy) is 3. The summed E-state index contributed by atoms with van der Waals surface area (Å²) in [5, 5.41) is 7.81. The second-order valence-electron chi connectivity index (χ2n) is 7.10. The third-order valence-electron chi connectivity index (χ3n) is 4.95. The van der Waals surface area contributed by atoms with Crippen molar-refractivity contribution in [3.63, 3.8) is 0 Å². The lowest BCUT2D eigenvalue weighted by Gasteiger charge is -2.19. The van der Waals surface area contributed by atoms with Crippen molar-refractivity contribution in [2.24, 2.45) is 5.10 Å². The molecule has 0 radical (unpaired) electrons. The third-order valence-corrected chi connectivity index (χ3v) is 5.87. The standard InChI is InChI=1S/C24H24N2O6S/c1-3-29-20-10-9-16(13-21(20)30-4-2)24(28)32-15-23(27)26-18(19-7-5-11-31-19)14-17(25-26)22-8-6-12-33-22/h5-13,18H,3-4,14-15H2,1-2H3. The normalized spacial score (nSPS) is 15.3. The summed E-state index contributed by atoms with van der Waals surface area (Å²) in [5.41, 5.74) is 1.06. The summed E-state index contributed by atoms with van der Waals surface area (Å²) in [4.78, 5) is 26.6. The lowest BCUT2D eigenvalue weighted by Crippen LogP contribution is -2.31. The van der Waals surface area contributed by atoms with Gasteiger partial charge in [0.05, 0.1) is 35.6 Å². The smallest absolute Gasteiger partial charge is 0.338 e. The maximum atomic E-state index is 13.0. The van der Waals surface area contributed by atoms with Gasteiger partial charge in [0.25, 0.3) is 5.91 Å². The number of carbonyl (C=O) groups is 2. The topological polar surface area (TPSA) is 90.6 Å². The molecule has 33 heavy (non-hydrogen) atoms. The van der Waals surface area contributed by atoms with Gasteiger partial charge in [-0.1, -0.05) is 6.07 Å². The molecule has 1 aliphatic heterocycles. The quantitative estimate of drug-likeness (QED) is 0.424. The number of benzene rings is 1. The zero-order valence-electron chi connectivity index (χ0n) is 18.4. The molecule has 1 unspecified atom stereocenters. The summed E-state index contributed by atoms with van der Waals surface area (Å²) in [6.45, 7) is 4.15. The highest BCUT2D eigenvalue weighted by atomic mass is 32.1. The van der Waals surface area contributed by atoms with Gasteiger partial charge in [0.15, 0.2) is 18.1 Å². The van der Waals surface area contributed by atoms with E-state index in [1.807, 2.05) is 31.4 Å².